The monoisotopic (exact) mass is 251 g/mol. The molecule has 0 heterocycles. The molecule has 0 saturated heterocycles. The number of phenols is 1. The van der Waals surface area contributed by atoms with Gasteiger partial charge in [-0.05, 0) is 25.5 Å². The number of carboxylic acid groups (broad SMARTS) is 1. The first-order valence-corrected chi connectivity index (χ1v) is 5.76. The number of nitrogens with one attached hydrogen (secondary N) is 1. The molecule has 1 aromatic rings. The number of benzene rings is 1. The Hall–Kier alpha value is -2.04. The normalized spacial score (nSPS) is 11.9. The zero-order chi connectivity index (χ0) is 13.7. The van der Waals surface area contributed by atoms with Crippen molar-refractivity contribution in [3.05, 3.63) is 29.3 Å². The Balaban J connectivity index is 2.71. The van der Waals surface area contributed by atoms with E-state index in [2.05, 4.69) is 5.32 Å². The third-order valence-corrected chi connectivity index (χ3v) is 2.75. The van der Waals surface area contributed by atoms with Gasteiger partial charge < -0.3 is 15.5 Å². The molecule has 5 nitrogen and oxygen atoms in total. The Bertz CT molecular complexity index is 456. The number of hydrogen-bond donors (Lipinski definition) is 3. The van der Waals surface area contributed by atoms with Crippen LogP contribution in [0.25, 0.3) is 0 Å². The summed E-state index contributed by atoms with van der Waals surface area (Å²) in [7, 11) is 0. The minimum atomic E-state index is -0.939. The van der Waals surface area contributed by atoms with Crippen molar-refractivity contribution in [2.24, 2.45) is 5.92 Å². The zero-order valence-electron chi connectivity index (χ0n) is 10.4. The number of aryl methyl sites for hydroxylation is 1. The molecule has 0 aliphatic rings. The number of aliphatic carboxylic acids is 1. The quantitative estimate of drug-likeness (QED) is 0.740. The summed E-state index contributed by atoms with van der Waals surface area (Å²) in [5.74, 6) is -2.12. The lowest BCUT2D eigenvalue weighted by atomic mass is 10.1. The van der Waals surface area contributed by atoms with E-state index in [-0.39, 0.29) is 17.9 Å². The highest BCUT2D eigenvalue weighted by Crippen LogP contribution is 2.18. The van der Waals surface area contributed by atoms with Crippen molar-refractivity contribution in [3.8, 4) is 5.75 Å². The number of aromatic hydroxyl groups is 1. The molecule has 0 spiro atoms. The Labute approximate surface area is 105 Å². The number of rotatable bonds is 5. The summed E-state index contributed by atoms with van der Waals surface area (Å²) < 4.78 is 0. The molecule has 0 radical (unpaired) electrons. The van der Waals surface area contributed by atoms with Crippen LogP contribution in [0.5, 0.6) is 5.75 Å². The number of carbonyl (C=O) groups is 2. The minimum absolute atomic E-state index is 0.0536. The van der Waals surface area contributed by atoms with Gasteiger partial charge in [-0.3, -0.25) is 9.59 Å². The fourth-order valence-electron chi connectivity index (χ4n) is 1.55. The maximum atomic E-state index is 11.8. The first-order valence-electron chi connectivity index (χ1n) is 5.76. The van der Waals surface area contributed by atoms with Crippen LogP contribution >= 0.6 is 0 Å². The van der Waals surface area contributed by atoms with Gasteiger partial charge in [0.1, 0.15) is 5.75 Å². The summed E-state index contributed by atoms with van der Waals surface area (Å²) >= 11 is 0. The molecule has 5 heteroatoms. The highest BCUT2D eigenvalue weighted by Gasteiger charge is 2.17. The van der Waals surface area contributed by atoms with E-state index in [0.717, 1.165) is 5.56 Å². The van der Waals surface area contributed by atoms with Crippen LogP contribution < -0.4 is 5.32 Å². The van der Waals surface area contributed by atoms with Crippen molar-refractivity contribution in [2.45, 2.75) is 20.3 Å². The van der Waals surface area contributed by atoms with Crippen LogP contribution in [0.4, 0.5) is 0 Å². The van der Waals surface area contributed by atoms with Gasteiger partial charge in [0, 0.05) is 6.54 Å². The summed E-state index contributed by atoms with van der Waals surface area (Å²) in [5, 5.41) is 20.9. The number of phenolic OH excluding ortho intramolecular Hbond substituents is 1. The van der Waals surface area contributed by atoms with Crippen LogP contribution in [0.15, 0.2) is 18.2 Å². The maximum absolute atomic E-state index is 11.8. The van der Waals surface area contributed by atoms with Gasteiger partial charge in [-0.25, -0.2) is 0 Å². The average Bonchev–Trinajstić information content (AvgIpc) is 2.32. The summed E-state index contributed by atoms with van der Waals surface area (Å²) in [4.78, 5) is 22.6. The molecule has 0 bridgehead atoms. The molecular formula is C13H17NO4. The molecule has 0 fully saturated rings. The fourth-order valence-corrected chi connectivity index (χ4v) is 1.55. The van der Waals surface area contributed by atoms with E-state index in [1.807, 2.05) is 6.92 Å². The molecule has 0 aromatic heterocycles. The molecule has 18 heavy (non-hydrogen) atoms. The highest BCUT2D eigenvalue weighted by atomic mass is 16.4. The van der Waals surface area contributed by atoms with Crippen LogP contribution in [0.1, 0.15) is 29.3 Å². The number of hydrogen-bond acceptors (Lipinski definition) is 3. The van der Waals surface area contributed by atoms with Gasteiger partial charge in [-0.15, -0.1) is 0 Å². The molecule has 0 saturated carbocycles. The van der Waals surface area contributed by atoms with E-state index < -0.39 is 17.8 Å². The van der Waals surface area contributed by atoms with Gasteiger partial charge in [0.05, 0.1) is 11.5 Å². The van der Waals surface area contributed by atoms with Gasteiger partial charge >= 0.3 is 5.97 Å². The van der Waals surface area contributed by atoms with Crippen molar-refractivity contribution in [1.29, 1.82) is 0 Å². The van der Waals surface area contributed by atoms with Gasteiger partial charge in [0.25, 0.3) is 5.91 Å². The van der Waals surface area contributed by atoms with E-state index in [1.54, 1.807) is 19.1 Å². The lowest BCUT2D eigenvalue weighted by molar-refractivity contribution is -0.141. The Morgan fingerprint density at radius 2 is 2.06 bits per heavy atom. The zero-order valence-corrected chi connectivity index (χ0v) is 10.4. The third kappa shape index (κ3) is 3.48. The predicted molar refractivity (Wildman–Crippen MR) is 66.6 cm³/mol. The second kappa shape index (κ2) is 6.05. The summed E-state index contributed by atoms with van der Waals surface area (Å²) in [6, 6.07) is 4.70. The van der Waals surface area contributed by atoms with Crippen LogP contribution in [0.2, 0.25) is 0 Å². The van der Waals surface area contributed by atoms with Gasteiger partial charge in [-0.1, -0.05) is 18.6 Å². The topological polar surface area (TPSA) is 86.6 Å². The fraction of sp³-hybridized carbons (Fsp3) is 0.385. The third-order valence-electron chi connectivity index (χ3n) is 2.75. The van der Waals surface area contributed by atoms with Crippen LogP contribution in [0, 0.1) is 12.8 Å². The molecule has 1 atom stereocenters. The molecular weight excluding hydrogens is 234 g/mol. The Morgan fingerprint density at radius 1 is 1.39 bits per heavy atom. The second-order valence-corrected chi connectivity index (χ2v) is 4.17. The van der Waals surface area contributed by atoms with Crippen LogP contribution in [0.3, 0.4) is 0 Å². The van der Waals surface area contributed by atoms with E-state index in [1.165, 1.54) is 6.07 Å². The molecule has 1 aromatic carbocycles. The summed E-state index contributed by atoms with van der Waals surface area (Å²) in [6.07, 6.45) is 0.440. The largest absolute Gasteiger partial charge is 0.507 e. The summed E-state index contributed by atoms with van der Waals surface area (Å²) in [6.45, 7) is 3.61. The van der Waals surface area contributed by atoms with E-state index in [4.69, 9.17) is 5.11 Å². The lowest BCUT2D eigenvalue weighted by Gasteiger charge is -2.12. The van der Waals surface area contributed by atoms with E-state index >= 15 is 0 Å². The van der Waals surface area contributed by atoms with E-state index in [0.29, 0.717) is 6.42 Å². The second-order valence-electron chi connectivity index (χ2n) is 4.17. The predicted octanol–water partition coefficient (Wildman–Crippen LogP) is 1.54. The van der Waals surface area contributed by atoms with E-state index in [9.17, 15) is 14.7 Å². The van der Waals surface area contributed by atoms with Crippen molar-refractivity contribution in [3.63, 3.8) is 0 Å². The number of carbonyl (C=O) groups excluding carboxylic acids is 1. The molecule has 0 aliphatic heterocycles. The van der Waals surface area contributed by atoms with Gasteiger partial charge in [0.15, 0.2) is 0 Å². The van der Waals surface area contributed by atoms with Gasteiger partial charge in [0.2, 0.25) is 0 Å². The Morgan fingerprint density at radius 3 is 2.61 bits per heavy atom. The van der Waals surface area contributed by atoms with Crippen molar-refractivity contribution >= 4 is 11.9 Å². The van der Waals surface area contributed by atoms with Crippen molar-refractivity contribution < 1.29 is 19.8 Å². The SMILES string of the molecule is CCC(CNC(=O)c1cc(C)ccc1O)C(=O)O. The first kappa shape index (κ1) is 14.0. The number of amides is 1. The minimum Gasteiger partial charge on any atom is -0.507 e. The highest BCUT2D eigenvalue weighted by molar-refractivity contribution is 5.97. The molecule has 1 rings (SSSR count). The molecule has 3 N–H and O–H groups in total. The molecule has 1 unspecified atom stereocenters. The Kier molecular flexibility index (Phi) is 4.71. The van der Waals surface area contributed by atoms with Crippen LogP contribution in [-0.4, -0.2) is 28.6 Å². The standard InChI is InChI=1S/C13H17NO4/c1-3-9(13(17)18)7-14-12(16)10-6-8(2)4-5-11(10)15/h4-6,9,15H,3,7H2,1-2H3,(H,14,16)(H,17,18). The smallest absolute Gasteiger partial charge is 0.308 e. The summed E-state index contributed by atoms with van der Waals surface area (Å²) in [5.41, 5.74) is 1.01. The molecule has 0 aliphatic carbocycles. The molecule has 98 valence electrons. The van der Waals surface area contributed by atoms with Crippen molar-refractivity contribution in [1.82, 2.24) is 5.32 Å². The first-order chi connectivity index (χ1) is 8.45. The van der Waals surface area contributed by atoms with Crippen molar-refractivity contribution in [2.75, 3.05) is 6.54 Å². The maximum Gasteiger partial charge on any atom is 0.308 e. The molecule has 1 amide bonds. The van der Waals surface area contributed by atoms with Crippen LogP contribution in [-0.2, 0) is 4.79 Å². The van der Waals surface area contributed by atoms with Gasteiger partial charge in [-0.2, -0.15) is 0 Å². The number of carboxylic acids is 1. The lowest BCUT2D eigenvalue weighted by Crippen LogP contribution is -2.32. The average molecular weight is 251 g/mol.